The van der Waals surface area contributed by atoms with E-state index in [1.165, 1.54) is 0 Å². The van der Waals surface area contributed by atoms with Gasteiger partial charge in [0.1, 0.15) is 0 Å². The molecular formula is C12H22FNO. The molecule has 0 aromatic carbocycles. The van der Waals surface area contributed by atoms with E-state index in [0.29, 0.717) is 0 Å². The van der Waals surface area contributed by atoms with Crippen LogP contribution in [0.5, 0.6) is 0 Å². The maximum atomic E-state index is 14.0. The van der Waals surface area contributed by atoms with Gasteiger partial charge in [0.05, 0.1) is 0 Å². The molecule has 0 aliphatic rings. The van der Waals surface area contributed by atoms with Gasteiger partial charge in [-0.2, -0.15) is 0 Å². The maximum Gasteiger partial charge on any atom is 0.255 e. The molecule has 0 saturated heterocycles. The standard InChI is InChI=1S/C12H22FNO/c1-3-5-7-8-10-12(13,11(14)15)9-6-4-2/h4,6H,3,5,7-10H2,1-2H3,(H2,14,15)/b6-4-/t12-/m1/s1. The molecule has 0 aromatic heterocycles. The van der Waals surface area contributed by atoms with E-state index in [2.05, 4.69) is 6.92 Å². The van der Waals surface area contributed by atoms with Crippen molar-refractivity contribution in [2.24, 2.45) is 5.73 Å². The van der Waals surface area contributed by atoms with Crippen molar-refractivity contribution in [1.82, 2.24) is 0 Å². The fourth-order valence-corrected chi connectivity index (χ4v) is 1.46. The van der Waals surface area contributed by atoms with E-state index in [-0.39, 0.29) is 12.8 Å². The number of nitrogens with two attached hydrogens (primary N) is 1. The van der Waals surface area contributed by atoms with Gasteiger partial charge in [0, 0.05) is 6.42 Å². The second-order valence-corrected chi connectivity index (χ2v) is 3.91. The highest BCUT2D eigenvalue weighted by molar-refractivity contribution is 5.83. The van der Waals surface area contributed by atoms with Crippen LogP contribution in [0.15, 0.2) is 12.2 Å². The Bertz CT molecular complexity index is 216. The Morgan fingerprint density at radius 1 is 1.40 bits per heavy atom. The summed E-state index contributed by atoms with van der Waals surface area (Å²) in [5.74, 6) is -0.836. The summed E-state index contributed by atoms with van der Waals surface area (Å²) in [6, 6.07) is 0. The van der Waals surface area contributed by atoms with Crippen LogP contribution < -0.4 is 5.73 Å². The van der Waals surface area contributed by atoms with Crippen LogP contribution in [0.4, 0.5) is 4.39 Å². The van der Waals surface area contributed by atoms with Gasteiger partial charge >= 0.3 is 0 Å². The zero-order chi connectivity index (χ0) is 11.7. The van der Waals surface area contributed by atoms with E-state index in [0.717, 1.165) is 25.7 Å². The lowest BCUT2D eigenvalue weighted by atomic mass is 9.93. The summed E-state index contributed by atoms with van der Waals surface area (Å²) in [5, 5.41) is 0. The van der Waals surface area contributed by atoms with Crippen LogP contribution >= 0.6 is 0 Å². The Balaban J connectivity index is 4.07. The predicted molar refractivity (Wildman–Crippen MR) is 61.2 cm³/mol. The summed E-state index contributed by atoms with van der Waals surface area (Å²) in [7, 11) is 0. The average molecular weight is 215 g/mol. The number of amides is 1. The van der Waals surface area contributed by atoms with Gasteiger partial charge in [-0.05, 0) is 19.8 Å². The average Bonchev–Trinajstić information content (AvgIpc) is 2.21. The SMILES string of the molecule is C/C=C\C[C@@](F)(CCCCCC)C(N)=O. The maximum absolute atomic E-state index is 14.0. The molecule has 15 heavy (non-hydrogen) atoms. The molecule has 0 rings (SSSR count). The minimum atomic E-state index is -1.85. The van der Waals surface area contributed by atoms with E-state index in [9.17, 15) is 9.18 Å². The number of hydrogen-bond acceptors (Lipinski definition) is 1. The third-order valence-corrected chi connectivity index (χ3v) is 2.55. The van der Waals surface area contributed by atoms with Gasteiger partial charge in [0.25, 0.3) is 5.91 Å². The van der Waals surface area contributed by atoms with Crippen LogP contribution in [0.3, 0.4) is 0 Å². The van der Waals surface area contributed by atoms with Crippen LogP contribution in [0, 0.1) is 0 Å². The first-order valence-electron chi connectivity index (χ1n) is 5.66. The number of unbranched alkanes of at least 4 members (excludes halogenated alkanes) is 3. The van der Waals surface area contributed by atoms with Crippen LogP contribution in [0.25, 0.3) is 0 Å². The van der Waals surface area contributed by atoms with Crippen molar-refractivity contribution in [3.63, 3.8) is 0 Å². The fraction of sp³-hybridized carbons (Fsp3) is 0.750. The van der Waals surface area contributed by atoms with Gasteiger partial charge in [0.2, 0.25) is 0 Å². The van der Waals surface area contributed by atoms with E-state index in [1.807, 2.05) is 0 Å². The molecule has 0 aliphatic heterocycles. The molecule has 0 spiro atoms. The number of alkyl halides is 1. The van der Waals surface area contributed by atoms with Crippen molar-refractivity contribution in [1.29, 1.82) is 0 Å². The predicted octanol–water partition coefficient (Wildman–Crippen LogP) is 3.12. The third-order valence-electron chi connectivity index (χ3n) is 2.55. The Morgan fingerprint density at radius 3 is 2.53 bits per heavy atom. The number of rotatable bonds is 8. The second-order valence-electron chi connectivity index (χ2n) is 3.91. The highest BCUT2D eigenvalue weighted by Gasteiger charge is 2.34. The summed E-state index contributed by atoms with van der Waals surface area (Å²) in [6.45, 7) is 3.90. The molecule has 2 nitrogen and oxygen atoms in total. The number of primary amides is 1. The number of hydrogen-bond donors (Lipinski definition) is 1. The smallest absolute Gasteiger partial charge is 0.255 e. The first-order chi connectivity index (χ1) is 7.06. The molecule has 0 aromatic rings. The van der Waals surface area contributed by atoms with Crippen molar-refractivity contribution >= 4 is 5.91 Å². The van der Waals surface area contributed by atoms with Gasteiger partial charge in [-0.25, -0.2) is 4.39 Å². The minimum Gasteiger partial charge on any atom is -0.367 e. The molecular weight excluding hydrogens is 193 g/mol. The molecule has 0 aliphatic carbocycles. The van der Waals surface area contributed by atoms with E-state index >= 15 is 0 Å². The largest absolute Gasteiger partial charge is 0.367 e. The third kappa shape index (κ3) is 5.55. The van der Waals surface area contributed by atoms with Crippen LogP contribution in [-0.2, 0) is 4.79 Å². The second kappa shape index (κ2) is 7.43. The highest BCUT2D eigenvalue weighted by atomic mass is 19.1. The van der Waals surface area contributed by atoms with Crippen molar-refractivity contribution in [3.8, 4) is 0 Å². The topological polar surface area (TPSA) is 43.1 Å². The normalized spacial score (nSPS) is 15.4. The summed E-state index contributed by atoms with van der Waals surface area (Å²) in [5.41, 5.74) is 3.23. The Labute approximate surface area is 91.7 Å². The molecule has 0 bridgehead atoms. The van der Waals surface area contributed by atoms with E-state index in [1.54, 1.807) is 19.1 Å². The summed E-state index contributed by atoms with van der Waals surface area (Å²) >= 11 is 0. The molecule has 88 valence electrons. The number of allylic oxidation sites excluding steroid dienone is 2. The van der Waals surface area contributed by atoms with Gasteiger partial charge in [-0.1, -0.05) is 38.3 Å². The number of halogens is 1. The summed E-state index contributed by atoms with van der Waals surface area (Å²) in [6.07, 6.45) is 7.62. The molecule has 0 unspecified atom stereocenters. The zero-order valence-electron chi connectivity index (χ0n) is 9.76. The molecule has 3 heteroatoms. The van der Waals surface area contributed by atoms with Gasteiger partial charge in [-0.3, -0.25) is 4.79 Å². The van der Waals surface area contributed by atoms with Crippen molar-refractivity contribution in [3.05, 3.63) is 12.2 Å². The first-order valence-corrected chi connectivity index (χ1v) is 5.66. The highest BCUT2D eigenvalue weighted by Crippen LogP contribution is 2.24. The number of carbonyl (C=O) groups excluding carboxylic acids is 1. The molecule has 0 heterocycles. The molecule has 1 amide bonds. The lowest BCUT2D eigenvalue weighted by Crippen LogP contribution is -2.39. The lowest BCUT2D eigenvalue weighted by molar-refractivity contribution is -0.129. The van der Waals surface area contributed by atoms with Crippen molar-refractivity contribution < 1.29 is 9.18 Å². The van der Waals surface area contributed by atoms with Crippen LogP contribution in [0.1, 0.15) is 52.4 Å². The van der Waals surface area contributed by atoms with Gasteiger partial charge in [0.15, 0.2) is 5.67 Å². The molecule has 2 N–H and O–H groups in total. The molecule has 0 saturated carbocycles. The van der Waals surface area contributed by atoms with Gasteiger partial charge < -0.3 is 5.73 Å². The van der Waals surface area contributed by atoms with Crippen LogP contribution in [0.2, 0.25) is 0 Å². The molecule has 1 atom stereocenters. The first kappa shape index (κ1) is 14.1. The molecule has 0 radical (unpaired) electrons. The lowest BCUT2D eigenvalue weighted by Gasteiger charge is -2.19. The van der Waals surface area contributed by atoms with Gasteiger partial charge in [-0.15, -0.1) is 0 Å². The number of carbonyl (C=O) groups is 1. The van der Waals surface area contributed by atoms with E-state index < -0.39 is 11.6 Å². The summed E-state index contributed by atoms with van der Waals surface area (Å²) in [4.78, 5) is 11.0. The quantitative estimate of drug-likeness (QED) is 0.490. The fourth-order valence-electron chi connectivity index (χ4n) is 1.46. The van der Waals surface area contributed by atoms with Crippen molar-refractivity contribution in [2.45, 2.75) is 58.0 Å². The Hall–Kier alpha value is -0.860. The summed E-state index contributed by atoms with van der Waals surface area (Å²) < 4.78 is 14.0. The van der Waals surface area contributed by atoms with Crippen molar-refractivity contribution in [2.75, 3.05) is 0 Å². The Kier molecular flexibility index (Phi) is 7.01. The van der Waals surface area contributed by atoms with E-state index in [4.69, 9.17) is 5.73 Å². The Morgan fingerprint density at radius 2 is 2.07 bits per heavy atom. The molecule has 0 fully saturated rings. The monoisotopic (exact) mass is 215 g/mol. The zero-order valence-corrected chi connectivity index (χ0v) is 9.76. The minimum absolute atomic E-state index is 0.102. The van der Waals surface area contributed by atoms with Crippen LogP contribution in [-0.4, -0.2) is 11.6 Å².